The Bertz CT molecular complexity index is 792. The number of amides is 1. The molecule has 0 bridgehead atoms. The zero-order chi connectivity index (χ0) is 17.4. The number of nitrogens with one attached hydrogen (secondary N) is 1. The number of hydrogen-bond acceptors (Lipinski definition) is 4. The first-order chi connectivity index (χ1) is 11.6. The summed E-state index contributed by atoms with van der Waals surface area (Å²) in [5.74, 6) is -2.08. The second-order valence-electron chi connectivity index (χ2n) is 4.93. The van der Waals surface area contributed by atoms with Gasteiger partial charge in [-0.25, -0.2) is 0 Å². The molecule has 120 valence electrons. The highest BCUT2D eigenvalue weighted by atomic mass is 16.5. The van der Waals surface area contributed by atoms with Crippen molar-refractivity contribution in [1.29, 1.82) is 5.26 Å². The van der Waals surface area contributed by atoms with Gasteiger partial charge in [0.05, 0.1) is 13.2 Å². The Morgan fingerprint density at radius 1 is 1.17 bits per heavy atom. The van der Waals surface area contributed by atoms with Crippen molar-refractivity contribution in [1.82, 2.24) is 0 Å². The summed E-state index contributed by atoms with van der Waals surface area (Å²) in [6.07, 6.45) is 2.82. The number of methoxy groups -OCH3 is 1. The number of ketones is 1. The highest BCUT2D eigenvalue weighted by molar-refractivity contribution is 6.14. The maximum Gasteiger partial charge on any atom is 0.249 e. The molecule has 0 aliphatic heterocycles. The Labute approximate surface area is 140 Å². The van der Waals surface area contributed by atoms with E-state index < -0.39 is 17.6 Å². The van der Waals surface area contributed by atoms with Crippen molar-refractivity contribution in [3.63, 3.8) is 0 Å². The van der Waals surface area contributed by atoms with E-state index >= 15 is 0 Å². The van der Waals surface area contributed by atoms with E-state index in [1.165, 1.54) is 13.2 Å². The normalized spacial score (nSPS) is 11.5. The lowest BCUT2D eigenvalue weighted by Gasteiger charge is -2.09. The van der Waals surface area contributed by atoms with Gasteiger partial charge in [-0.05, 0) is 23.8 Å². The third-order valence-electron chi connectivity index (χ3n) is 3.25. The zero-order valence-electron chi connectivity index (χ0n) is 13.1. The van der Waals surface area contributed by atoms with E-state index in [-0.39, 0.29) is 0 Å². The number of anilines is 1. The Morgan fingerprint density at radius 3 is 2.58 bits per heavy atom. The number of carbonyl (C=O) groups is 2. The van der Waals surface area contributed by atoms with Crippen molar-refractivity contribution in [2.24, 2.45) is 5.92 Å². The topological polar surface area (TPSA) is 79.2 Å². The second kappa shape index (κ2) is 8.30. The number of hydrogen-bond donors (Lipinski definition) is 1. The van der Waals surface area contributed by atoms with Gasteiger partial charge in [0.15, 0.2) is 11.7 Å². The molecule has 0 aliphatic rings. The third kappa shape index (κ3) is 4.55. The lowest BCUT2D eigenvalue weighted by molar-refractivity contribution is -0.126. The van der Waals surface area contributed by atoms with Crippen LogP contribution in [0.3, 0.4) is 0 Å². The Hall–Kier alpha value is -3.39. The smallest absolute Gasteiger partial charge is 0.249 e. The minimum absolute atomic E-state index is 0.458. The first-order valence-corrected chi connectivity index (χ1v) is 7.25. The largest absolute Gasteiger partial charge is 0.497 e. The van der Waals surface area contributed by atoms with Crippen LogP contribution in [0.5, 0.6) is 5.75 Å². The second-order valence-corrected chi connectivity index (χ2v) is 4.93. The van der Waals surface area contributed by atoms with E-state index in [1.54, 1.807) is 36.4 Å². The van der Waals surface area contributed by atoms with Crippen LogP contribution in [0.4, 0.5) is 5.69 Å². The molecule has 0 fully saturated rings. The van der Waals surface area contributed by atoms with Gasteiger partial charge in [0, 0.05) is 11.8 Å². The fraction of sp³-hybridized carbons (Fsp3) is 0.105. The van der Waals surface area contributed by atoms with Crippen molar-refractivity contribution < 1.29 is 14.3 Å². The van der Waals surface area contributed by atoms with Gasteiger partial charge in [0.25, 0.3) is 0 Å². The molecule has 1 amide bonds. The van der Waals surface area contributed by atoms with Gasteiger partial charge in [-0.3, -0.25) is 9.59 Å². The Morgan fingerprint density at radius 2 is 1.92 bits per heavy atom. The Balaban J connectivity index is 2.06. The minimum Gasteiger partial charge on any atom is -0.497 e. The van der Waals surface area contributed by atoms with Gasteiger partial charge in [0.1, 0.15) is 5.75 Å². The molecule has 0 aliphatic carbocycles. The van der Waals surface area contributed by atoms with Crippen LogP contribution < -0.4 is 10.1 Å². The predicted octanol–water partition coefficient (Wildman–Crippen LogP) is 3.06. The molecular formula is C19H16N2O3. The molecule has 0 saturated carbocycles. The average molecular weight is 320 g/mol. The summed E-state index contributed by atoms with van der Waals surface area (Å²) in [5, 5.41) is 11.7. The van der Waals surface area contributed by atoms with Crippen LogP contribution >= 0.6 is 0 Å². The summed E-state index contributed by atoms with van der Waals surface area (Å²) in [4.78, 5) is 24.3. The molecule has 1 unspecified atom stereocenters. The molecule has 5 heteroatoms. The summed E-state index contributed by atoms with van der Waals surface area (Å²) < 4.78 is 5.06. The van der Waals surface area contributed by atoms with E-state index in [1.807, 2.05) is 30.3 Å². The quantitative estimate of drug-likeness (QED) is 0.655. The summed E-state index contributed by atoms with van der Waals surface area (Å²) in [7, 11) is 1.51. The fourth-order valence-electron chi connectivity index (χ4n) is 2.01. The highest BCUT2D eigenvalue weighted by Gasteiger charge is 2.24. The molecular weight excluding hydrogens is 304 g/mol. The minimum atomic E-state index is -1.41. The standard InChI is InChI=1S/C19H16N2O3/c1-24-16-9-5-8-15(12-16)21-19(23)17(13-20)18(22)11-10-14-6-3-2-4-7-14/h2-12,17H,1H3,(H,21,23)/b11-10+. The van der Waals surface area contributed by atoms with Crippen LogP contribution in [0.2, 0.25) is 0 Å². The van der Waals surface area contributed by atoms with Crippen molar-refractivity contribution in [2.75, 3.05) is 12.4 Å². The molecule has 2 rings (SSSR count). The van der Waals surface area contributed by atoms with E-state index in [4.69, 9.17) is 10.00 Å². The molecule has 0 radical (unpaired) electrons. The summed E-state index contributed by atoms with van der Waals surface area (Å²) in [5.41, 5.74) is 1.27. The molecule has 0 heterocycles. The molecule has 1 atom stereocenters. The molecule has 0 saturated heterocycles. The third-order valence-corrected chi connectivity index (χ3v) is 3.25. The van der Waals surface area contributed by atoms with Gasteiger partial charge >= 0.3 is 0 Å². The average Bonchev–Trinajstić information content (AvgIpc) is 2.61. The maximum absolute atomic E-state index is 12.2. The van der Waals surface area contributed by atoms with E-state index in [0.717, 1.165) is 5.56 Å². The predicted molar refractivity (Wildman–Crippen MR) is 91.2 cm³/mol. The summed E-state index contributed by atoms with van der Waals surface area (Å²) in [6.45, 7) is 0. The number of nitriles is 1. The number of carbonyl (C=O) groups excluding carboxylic acids is 2. The number of ether oxygens (including phenoxy) is 1. The van der Waals surface area contributed by atoms with Crippen LogP contribution in [0.15, 0.2) is 60.7 Å². The van der Waals surface area contributed by atoms with Gasteiger partial charge in [0.2, 0.25) is 5.91 Å². The number of rotatable bonds is 6. The van der Waals surface area contributed by atoms with E-state index in [9.17, 15) is 9.59 Å². The summed E-state index contributed by atoms with van der Waals surface area (Å²) in [6, 6.07) is 17.6. The first-order valence-electron chi connectivity index (χ1n) is 7.25. The van der Waals surface area contributed by atoms with E-state index in [0.29, 0.717) is 11.4 Å². The maximum atomic E-state index is 12.2. The summed E-state index contributed by atoms with van der Waals surface area (Å²) >= 11 is 0. The molecule has 2 aromatic carbocycles. The molecule has 1 N–H and O–H groups in total. The van der Waals surface area contributed by atoms with Crippen molar-refractivity contribution >= 4 is 23.5 Å². The SMILES string of the molecule is COc1cccc(NC(=O)C(C#N)C(=O)/C=C/c2ccccc2)c1. The van der Waals surface area contributed by atoms with Crippen molar-refractivity contribution in [3.05, 3.63) is 66.2 Å². The Kier molecular flexibility index (Phi) is 5.87. The molecule has 5 nitrogen and oxygen atoms in total. The molecule has 0 aromatic heterocycles. The number of allylic oxidation sites excluding steroid dienone is 1. The van der Waals surface area contributed by atoms with Crippen molar-refractivity contribution in [3.8, 4) is 11.8 Å². The lowest BCUT2D eigenvalue weighted by Crippen LogP contribution is -2.27. The van der Waals surface area contributed by atoms with Gasteiger partial charge in [-0.1, -0.05) is 42.5 Å². The van der Waals surface area contributed by atoms with Gasteiger partial charge in [-0.2, -0.15) is 5.26 Å². The monoisotopic (exact) mass is 320 g/mol. The zero-order valence-corrected chi connectivity index (χ0v) is 13.1. The first kappa shape index (κ1) is 17.0. The van der Waals surface area contributed by atoms with Crippen LogP contribution in [0, 0.1) is 17.2 Å². The molecule has 2 aromatic rings. The van der Waals surface area contributed by atoms with E-state index in [2.05, 4.69) is 5.32 Å². The van der Waals surface area contributed by atoms with Crippen molar-refractivity contribution in [2.45, 2.75) is 0 Å². The van der Waals surface area contributed by atoms with Gasteiger partial charge in [-0.15, -0.1) is 0 Å². The highest BCUT2D eigenvalue weighted by Crippen LogP contribution is 2.17. The fourth-order valence-corrected chi connectivity index (χ4v) is 2.01. The lowest BCUT2D eigenvalue weighted by atomic mass is 10.0. The van der Waals surface area contributed by atoms with Gasteiger partial charge < -0.3 is 10.1 Å². The number of nitrogens with zero attached hydrogens (tertiary/aromatic N) is 1. The van der Waals surface area contributed by atoms with Crippen LogP contribution in [-0.4, -0.2) is 18.8 Å². The van der Waals surface area contributed by atoms with Crippen LogP contribution in [0.1, 0.15) is 5.56 Å². The number of benzene rings is 2. The molecule has 24 heavy (non-hydrogen) atoms. The van der Waals surface area contributed by atoms with Crippen LogP contribution in [0.25, 0.3) is 6.08 Å². The van der Waals surface area contributed by atoms with Crippen LogP contribution in [-0.2, 0) is 9.59 Å². The molecule has 0 spiro atoms.